The van der Waals surface area contributed by atoms with Crippen molar-refractivity contribution in [2.45, 2.75) is 12.8 Å². The van der Waals surface area contributed by atoms with E-state index in [1.165, 1.54) is 0 Å². The molecule has 0 aliphatic carbocycles. The lowest BCUT2D eigenvalue weighted by Crippen LogP contribution is -2.16. The van der Waals surface area contributed by atoms with Gasteiger partial charge >= 0.3 is 0 Å². The average Bonchev–Trinajstić information content (AvgIpc) is 2.53. The van der Waals surface area contributed by atoms with Gasteiger partial charge in [0.25, 0.3) is 0 Å². The highest BCUT2D eigenvalue weighted by molar-refractivity contribution is 9.08. The summed E-state index contributed by atoms with van der Waals surface area (Å²) < 4.78 is 0.979. The Labute approximate surface area is 89.5 Å². The van der Waals surface area contributed by atoms with Crippen molar-refractivity contribution >= 4 is 28.0 Å². The molecule has 1 aliphatic rings. The first-order valence-electron chi connectivity index (χ1n) is 3.93. The van der Waals surface area contributed by atoms with Crippen LogP contribution >= 0.6 is 16.1 Å². The Morgan fingerprint density at radius 2 is 1.36 bits per heavy atom. The fourth-order valence-electron chi connectivity index (χ4n) is 0.803. The standard InChI is InChI=1S/C4H4BrNO2.C4H4N2/c5-6-3(7)1-2-4(6)8;1-2-6-4-3-5-1/h1-2H2;1-4H. The Hall–Kier alpha value is -1.30. The maximum atomic E-state index is 10.4. The quantitative estimate of drug-likeness (QED) is 0.512. The highest BCUT2D eigenvalue weighted by Crippen LogP contribution is 2.14. The number of hydrogen-bond donors (Lipinski definition) is 0. The molecule has 0 atom stereocenters. The van der Waals surface area contributed by atoms with Crippen molar-refractivity contribution in [2.75, 3.05) is 0 Å². The van der Waals surface area contributed by atoms with Crippen LogP contribution in [-0.4, -0.2) is 25.7 Å². The van der Waals surface area contributed by atoms with Crippen LogP contribution in [0.2, 0.25) is 0 Å². The minimum Gasteiger partial charge on any atom is -0.274 e. The number of hydrogen-bond acceptors (Lipinski definition) is 4. The molecule has 1 aromatic rings. The predicted octanol–water partition coefficient (Wildman–Crippen LogP) is 0.922. The molecule has 2 heterocycles. The van der Waals surface area contributed by atoms with Gasteiger partial charge in [-0.05, 0) is 0 Å². The third-order valence-electron chi connectivity index (χ3n) is 1.47. The predicted molar refractivity (Wildman–Crippen MR) is 52.0 cm³/mol. The molecule has 0 radical (unpaired) electrons. The molecule has 6 heteroatoms. The fourth-order valence-corrected chi connectivity index (χ4v) is 1.16. The highest BCUT2D eigenvalue weighted by Gasteiger charge is 2.26. The number of amides is 2. The lowest BCUT2D eigenvalue weighted by Gasteiger charge is -1.97. The molecule has 2 amide bonds. The average molecular weight is 258 g/mol. The van der Waals surface area contributed by atoms with E-state index in [2.05, 4.69) is 26.1 Å². The Bertz CT molecular complexity index is 275. The van der Waals surface area contributed by atoms with Crippen molar-refractivity contribution in [3.63, 3.8) is 0 Å². The van der Waals surface area contributed by atoms with Crippen LogP contribution in [0.4, 0.5) is 0 Å². The molecule has 0 aromatic carbocycles. The summed E-state index contributed by atoms with van der Waals surface area (Å²) in [4.78, 5) is 28.3. The van der Waals surface area contributed by atoms with Gasteiger partial charge < -0.3 is 0 Å². The van der Waals surface area contributed by atoms with Crippen molar-refractivity contribution in [2.24, 2.45) is 0 Å². The largest absolute Gasteiger partial charge is 0.274 e. The molecule has 0 spiro atoms. The van der Waals surface area contributed by atoms with Crippen LogP contribution in [0.3, 0.4) is 0 Å². The lowest BCUT2D eigenvalue weighted by atomic mass is 10.4. The Balaban J connectivity index is 0.000000146. The van der Waals surface area contributed by atoms with Crippen LogP contribution in [0, 0.1) is 0 Å². The van der Waals surface area contributed by atoms with E-state index in [1.807, 2.05) is 0 Å². The number of aromatic nitrogens is 2. The van der Waals surface area contributed by atoms with Gasteiger partial charge in [-0.3, -0.25) is 19.6 Å². The van der Waals surface area contributed by atoms with Crippen LogP contribution in [0.25, 0.3) is 0 Å². The molecule has 1 aromatic heterocycles. The van der Waals surface area contributed by atoms with E-state index in [0.29, 0.717) is 12.8 Å². The maximum Gasteiger partial charge on any atom is 0.239 e. The van der Waals surface area contributed by atoms with Gasteiger partial charge in [0.05, 0.1) is 16.1 Å². The van der Waals surface area contributed by atoms with Crippen LogP contribution in [0.5, 0.6) is 0 Å². The van der Waals surface area contributed by atoms with Crippen LogP contribution < -0.4 is 0 Å². The Morgan fingerprint density at radius 1 is 1.00 bits per heavy atom. The molecule has 1 saturated heterocycles. The number of carbonyl (C=O) groups is 2. The maximum absolute atomic E-state index is 10.4. The summed E-state index contributed by atoms with van der Waals surface area (Å²) in [6, 6.07) is 0. The summed E-state index contributed by atoms with van der Waals surface area (Å²) >= 11 is 2.80. The topological polar surface area (TPSA) is 63.2 Å². The van der Waals surface area contributed by atoms with E-state index in [-0.39, 0.29) is 11.8 Å². The first kappa shape index (κ1) is 10.8. The summed E-state index contributed by atoms with van der Waals surface area (Å²) in [6.45, 7) is 0. The van der Waals surface area contributed by atoms with Gasteiger partial charge in [0, 0.05) is 37.6 Å². The molecule has 1 aliphatic heterocycles. The van der Waals surface area contributed by atoms with E-state index in [0.717, 1.165) is 3.93 Å². The molecular formula is C8H8BrN3O2. The van der Waals surface area contributed by atoms with Crippen molar-refractivity contribution in [3.05, 3.63) is 24.8 Å². The summed E-state index contributed by atoms with van der Waals surface area (Å²) in [6.07, 6.45) is 7.26. The number of carbonyl (C=O) groups excluding carboxylic acids is 2. The van der Waals surface area contributed by atoms with Crippen molar-refractivity contribution in [1.82, 2.24) is 13.9 Å². The lowest BCUT2D eigenvalue weighted by molar-refractivity contribution is -0.131. The minimum absolute atomic E-state index is 0.144. The third kappa shape index (κ3) is 3.21. The van der Waals surface area contributed by atoms with Gasteiger partial charge in [-0.2, -0.15) is 0 Å². The number of imide groups is 1. The summed E-state index contributed by atoms with van der Waals surface area (Å²) in [5.41, 5.74) is 0. The minimum atomic E-state index is -0.144. The van der Waals surface area contributed by atoms with Crippen molar-refractivity contribution in [3.8, 4) is 0 Å². The third-order valence-corrected chi connectivity index (χ3v) is 2.26. The van der Waals surface area contributed by atoms with Crippen LogP contribution in [0.15, 0.2) is 24.8 Å². The fraction of sp³-hybridized carbons (Fsp3) is 0.250. The van der Waals surface area contributed by atoms with Crippen LogP contribution in [0.1, 0.15) is 12.8 Å². The Morgan fingerprint density at radius 3 is 1.50 bits per heavy atom. The summed E-state index contributed by atoms with van der Waals surface area (Å²) in [5.74, 6) is -0.287. The second kappa shape index (κ2) is 5.43. The zero-order valence-electron chi connectivity index (χ0n) is 7.26. The highest BCUT2D eigenvalue weighted by atomic mass is 79.9. The first-order chi connectivity index (χ1) is 6.72. The van der Waals surface area contributed by atoms with E-state index in [1.54, 1.807) is 24.8 Å². The second-order valence-corrected chi connectivity index (χ2v) is 3.17. The molecule has 0 unspecified atom stereocenters. The number of rotatable bonds is 0. The van der Waals surface area contributed by atoms with E-state index in [9.17, 15) is 9.59 Å². The second-order valence-electron chi connectivity index (χ2n) is 2.46. The molecular weight excluding hydrogens is 250 g/mol. The first-order valence-corrected chi connectivity index (χ1v) is 4.64. The number of halogens is 1. The zero-order chi connectivity index (χ0) is 10.4. The van der Waals surface area contributed by atoms with Crippen LogP contribution in [-0.2, 0) is 9.59 Å². The number of nitrogens with zero attached hydrogens (tertiary/aromatic N) is 3. The molecule has 5 nitrogen and oxygen atoms in total. The zero-order valence-corrected chi connectivity index (χ0v) is 8.85. The summed E-state index contributed by atoms with van der Waals surface area (Å²) in [7, 11) is 0. The monoisotopic (exact) mass is 257 g/mol. The molecule has 0 saturated carbocycles. The molecule has 74 valence electrons. The van der Waals surface area contributed by atoms with Gasteiger partial charge in [0.1, 0.15) is 0 Å². The van der Waals surface area contributed by atoms with Crippen molar-refractivity contribution < 1.29 is 9.59 Å². The SMILES string of the molecule is O=C1CCC(=O)N1Br.c1cnccn1. The Kier molecular flexibility index (Phi) is 4.18. The normalized spacial score (nSPS) is 15.1. The smallest absolute Gasteiger partial charge is 0.239 e. The van der Waals surface area contributed by atoms with Gasteiger partial charge in [0.2, 0.25) is 11.8 Å². The molecule has 1 fully saturated rings. The molecule has 14 heavy (non-hydrogen) atoms. The molecule has 0 N–H and O–H groups in total. The van der Waals surface area contributed by atoms with Crippen molar-refractivity contribution in [1.29, 1.82) is 0 Å². The van der Waals surface area contributed by atoms with Gasteiger partial charge in [-0.25, -0.2) is 3.93 Å². The van der Waals surface area contributed by atoms with E-state index < -0.39 is 0 Å². The van der Waals surface area contributed by atoms with E-state index in [4.69, 9.17) is 0 Å². The summed E-state index contributed by atoms with van der Waals surface area (Å²) in [5, 5.41) is 0. The van der Waals surface area contributed by atoms with Gasteiger partial charge in [0.15, 0.2) is 0 Å². The molecule has 2 rings (SSSR count). The van der Waals surface area contributed by atoms with E-state index >= 15 is 0 Å². The molecule has 0 bridgehead atoms. The van der Waals surface area contributed by atoms with Gasteiger partial charge in [-0.15, -0.1) is 0 Å². The van der Waals surface area contributed by atoms with Gasteiger partial charge in [-0.1, -0.05) is 0 Å².